The number of benzene rings is 3. The van der Waals surface area contributed by atoms with E-state index in [-0.39, 0.29) is 10.8 Å². The summed E-state index contributed by atoms with van der Waals surface area (Å²) in [5.74, 6) is -0.103. The molecule has 0 heterocycles. The lowest BCUT2D eigenvalue weighted by atomic mass is 10.1. The average Bonchev–Trinajstić information content (AvgIpc) is 2.62. The Morgan fingerprint density at radius 3 is 2.27 bits per heavy atom. The maximum atomic E-state index is 11.8. The van der Waals surface area contributed by atoms with Gasteiger partial charge in [-0.3, -0.25) is 9.35 Å². The molecule has 0 fully saturated rings. The van der Waals surface area contributed by atoms with Gasteiger partial charge in [-0.05, 0) is 35.7 Å². The van der Waals surface area contributed by atoms with Crippen LogP contribution in [0.3, 0.4) is 0 Å². The quantitative estimate of drug-likeness (QED) is 0.288. The maximum Gasteiger partial charge on any atom is 0.296 e. The molecule has 0 spiro atoms. The maximum absolute atomic E-state index is 11.8. The van der Waals surface area contributed by atoms with Gasteiger partial charge in [-0.2, -0.15) is 8.42 Å². The molecule has 0 aliphatic rings. The molecule has 1 amide bonds. The number of halogens is 1. The lowest BCUT2D eigenvalue weighted by Crippen LogP contribution is -2.12. The van der Waals surface area contributed by atoms with Gasteiger partial charge in [0.05, 0.1) is 10.1 Å². The second-order valence-corrected chi connectivity index (χ2v) is 7.67. The lowest BCUT2D eigenvalue weighted by molar-refractivity contribution is -0.113. The second-order valence-electron chi connectivity index (χ2n) is 5.52. The minimum Gasteiger partial charge on any atom is -0.354 e. The first-order valence-corrected chi connectivity index (χ1v) is 10.6. The van der Waals surface area contributed by atoms with Gasteiger partial charge in [0.1, 0.15) is 4.90 Å². The van der Waals surface area contributed by atoms with E-state index >= 15 is 0 Å². The van der Waals surface area contributed by atoms with Crippen molar-refractivity contribution >= 4 is 66.5 Å². The van der Waals surface area contributed by atoms with Crippen molar-refractivity contribution in [3.63, 3.8) is 0 Å². The van der Waals surface area contributed by atoms with Crippen molar-refractivity contribution < 1.29 is 17.8 Å². The first-order chi connectivity index (χ1) is 12.4. The fourth-order valence-corrected chi connectivity index (χ4v) is 3.42. The zero-order chi connectivity index (χ0) is 18.7. The molecule has 0 aliphatic carbocycles. The summed E-state index contributed by atoms with van der Waals surface area (Å²) in [7, 11) is -4.39. The van der Waals surface area contributed by atoms with Crippen LogP contribution in [0.15, 0.2) is 65.6 Å². The molecule has 26 heavy (non-hydrogen) atoms. The van der Waals surface area contributed by atoms with Crippen LogP contribution in [0.5, 0.6) is 0 Å². The third-order valence-corrected chi connectivity index (χ3v) is 5.32. The highest BCUT2D eigenvalue weighted by atomic mass is 127. The molecule has 0 aromatic heterocycles. The minimum absolute atomic E-state index is 0.103. The molecule has 3 N–H and O–H groups in total. The highest BCUT2D eigenvalue weighted by molar-refractivity contribution is 14.1. The minimum atomic E-state index is -4.39. The summed E-state index contributed by atoms with van der Waals surface area (Å²) in [5.41, 5.74) is 1.57. The summed E-state index contributed by atoms with van der Waals surface area (Å²) in [6.45, 7) is 0. The van der Waals surface area contributed by atoms with Gasteiger partial charge in [-0.25, -0.2) is 0 Å². The molecule has 3 aromatic carbocycles. The third-order valence-electron chi connectivity index (χ3n) is 3.73. The van der Waals surface area contributed by atoms with Crippen LogP contribution in [-0.4, -0.2) is 23.3 Å². The Morgan fingerprint density at radius 2 is 1.62 bits per heavy atom. The number of carbonyl (C=O) groups is 1. The summed E-state index contributed by atoms with van der Waals surface area (Å²) < 4.78 is 33.4. The zero-order valence-electron chi connectivity index (χ0n) is 13.4. The molecule has 3 rings (SSSR count). The number of rotatable bonds is 5. The van der Waals surface area contributed by atoms with Crippen molar-refractivity contribution in [2.45, 2.75) is 4.90 Å². The molecule has 134 valence electrons. The number of hydrogen-bond acceptors (Lipinski definition) is 4. The van der Waals surface area contributed by atoms with Crippen molar-refractivity contribution in [2.24, 2.45) is 0 Å². The molecule has 0 bridgehead atoms. The predicted molar refractivity (Wildman–Crippen MR) is 111 cm³/mol. The summed E-state index contributed by atoms with van der Waals surface area (Å²) in [5, 5.41) is 7.31. The standard InChI is InChI=1S/C18H15IN2O4S/c19-11-17(22)20-13-6-8-14(9-7-13)21-18-15-4-2-1-3-12(15)5-10-16(18)26(23,24)25/h1-10,21H,11H2,(H,20,22)(H,23,24,25). The molecular weight excluding hydrogens is 467 g/mol. The second kappa shape index (κ2) is 7.60. The third kappa shape index (κ3) is 4.14. The first kappa shape index (κ1) is 18.6. The van der Waals surface area contributed by atoms with Gasteiger partial charge < -0.3 is 10.6 Å². The Bertz CT molecular complexity index is 1070. The summed E-state index contributed by atoms with van der Waals surface area (Å²) >= 11 is 1.98. The topological polar surface area (TPSA) is 95.5 Å². The summed E-state index contributed by atoms with van der Waals surface area (Å²) in [6, 6.07) is 17.2. The molecule has 8 heteroatoms. The molecule has 0 atom stereocenters. The lowest BCUT2D eigenvalue weighted by Gasteiger charge is -2.14. The van der Waals surface area contributed by atoms with E-state index in [0.29, 0.717) is 26.9 Å². The van der Waals surface area contributed by atoms with Crippen molar-refractivity contribution in [1.29, 1.82) is 0 Å². The van der Waals surface area contributed by atoms with Gasteiger partial charge in [-0.1, -0.05) is 52.9 Å². The Hall–Kier alpha value is -2.17. The van der Waals surface area contributed by atoms with E-state index in [1.165, 1.54) is 6.07 Å². The van der Waals surface area contributed by atoms with Crippen molar-refractivity contribution in [2.75, 3.05) is 15.1 Å². The van der Waals surface area contributed by atoms with Gasteiger partial charge in [0, 0.05) is 16.8 Å². The number of anilines is 3. The Kier molecular flexibility index (Phi) is 5.44. The number of alkyl halides is 1. The van der Waals surface area contributed by atoms with E-state index in [1.54, 1.807) is 42.5 Å². The van der Waals surface area contributed by atoms with Gasteiger partial charge in [-0.15, -0.1) is 0 Å². The highest BCUT2D eigenvalue weighted by Crippen LogP contribution is 2.33. The van der Waals surface area contributed by atoms with Crippen LogP contribution >= 0.6 is 22.6 Å². The van der Waals surface area contributed by atoms with E-state index in [2.05, 4.69) is 10.6 Å². The van der Waals surface area contributed by atoms with E-state index in [1.807, 2.05) is 34.7 Å². The SMILES string of the molecule is O=C(CI)Nc1ccc(Nc2c(S(=O)(=O)O)ccc3ccccc23)cc1. The van der Waals surface area contributed by atoms with Crippen molar-refractivity contribution in [3.05, 3.63) is 60.7 Å². The Balaban J connectivity index is 2.01. The average molecular weight is 482 g/mol. The number of hydrogen-bond donors (Lipinski definition) is 3. The highest BCUT2D eigenvalue weighted by Gasteiger charge is 2.18. The monoisotopic (exact) mass is 482 g/mol. The molecular formula is C18H15IN2O4S. The molecule has 3 aromatic rings. The Morgan fingerprint density at radius 1 is 0.962 bits per heavy atom. The molecule has 0 unspecified atom stereocenters. The van der Waals surface area contributed by atoms with E-state index in [4.69, 9.17) is 0 Å². The molecule has 0 radical (unpaired) electrons. The predicted octanol–water partition coefficient (Wildman–Crippen LogP) is 4.20. The fraction of sp³-hybridized carbons (Fsp3) is 0.0556. The number of nitrogens with one attached hydrogen (secondary N) is 2. The van der Waals surface area contributed by atoms with Gasteiger partial charge in [0.2, 0.25) is 5.91 Å². The van der Waals surface area contributed by atoms with Crippen LogP contribution in [-0.2, 0) is 14.9 Å². The molecule has 6 nitrogen and oxygen atoms in total. The number of amides is 1. The normalized spacial score (nSPS) is 11.3. The van der Waals surface area contributed by atoms with Crippen LogP contribution in [0.25, 0.3) is 10.8 Å². The summed E-state index contributed by atoms with van der Waals surface area (Å²) in [4.78, 5) is 11.2. The van der Waals surface area contributed by atoms with E-state index in [0.717, 1.165) is 5.39 Å². The molecule has 0 saturated carbocycles. The van der Waals surface area contributed by atoms with E-state index in [9.17, 15) is 17.8 Å². The Labute approximate surface area is 164 Å². The number of fused-ring (bicyclic) bond motifs is 1. The van der Waals surface area contributed by atoms with Crippen LogP contribution in [0.2, 0.25) is 0 Å². The summed E-state index contributed by atoms with van der Waals surface area (Å²) in [6.07, 6.45) is 0. The molecule has 0 aliphatic heterocycles. The smallest absolute Gasteiger partial charge is 0.296 e. The number of carbonyl (C=O) groups excluding carboxylic acids is 1. The van der Waals surface area contributed by atoms with Crippen molar-refractivity contribution in [1.82, 2.24) is 0 Å². The van der Waals surface area contributed by atoms with Gasteiger partial charge in [0.15, 0.2) is 0 Å². The van der Waals surface area contributed by atoms with Crippen LogP contribution < -0.4 is 10.6 Å². The van der Waals surface area contributed by atoms with E-state index < -0.39 is 10.1 Å². The van der Waals surface area contributed by atoms with Gasteiger partial charge >= 0.3 is 0 Å². The van der Waals surface area contributed by atoms with Crippen molar-refractivity contribution in [3.8, 4) is 0 Å². The van der Waals surface area contributed by atoms with Crippen LogP contribution in [0, 0.1) is 0 Å². The van der Waals surface area contributed by atoms with Gasteiger partial charge in [0.25, 0.3) is 10.1 Å². The fourth-order valence-electron chi connectivity index (χ4n) is 2.57. The molecule has 0 saturated heterocycles. The van der Waals surface area contributed by atoms with Crippen LogP contribution in [0.4, 0.5) is 17.1 Å². The largest absolute Gasteiger partial charge is 0.354 e. The zero-order valence-corrected chi connectivity index (χ0v) is 16.4. The van der Waals surface area contributed by atoms with Crippen LogP contribution in [0.1, 0.15) is 0 Å². The first-order valence-electron chi connectivity index (χ1n) is 7.60.